The van der Waals surface area contributed by atoms with Gasteiger partial charge < -0.3 is 14.2 Å². The van der Waals surface area contributed by atoms with Crippen LogP contribution in [0, 0.1) is 13.8 Å². The van der Waals surface area contributed by atoms with Crippen molar-refractivity contribution in [2.45, 2.75) is 33.7 Å². The average molecular weight is 372 g/mol. The third-order valence-electron chi connectivity index (χ3n) is 4.65. The van der Waals surface area contributed by atoms with Crippen LogP contribution in [0.4, 0.5) is 0 Å². The van der Waals surface area contributed by atoms with Crippen LogP contribution in [-0.4, -0.2) is 57.6 Å². The molecule has 1 aliphatic heterocycles. The molecule has 0 N–H and O–H groups in total. The summed E-state index contributed by atoms with van der Waals surface area (Å²) >= 11 is 0. The second-order valence-corrected chi connectivity index (χ2v) is 6.69. The second kappa shape index (κ2) is 7.77. The fraction of sp³-hybridized carbons (Fsp3) is 0.474. The zero-order chi connectivity index (χ0) is 19.6. The van der Waals surface area contributed by atoms with E-state index in [0.29, 0.717) is 49.8 Å². The summed E-state index contributed by atoms with van der Waals surface area (Å²) in [6.07, 6.45) is 0.762. The van der Waals surface area contributed by atoms with Gasteiger partial charge in [0.05, 0.1) is 5.56 Å². The zero-order valence-corrected chi connectivity index (χ0v) is 15.9. The average Bonchev–Trinajstić information content (AvgIpc) is 3.01. The molecule has 0 atom stereocenters. The predicted octanol–water partition coefficient (Wildman–Crippen LogP) is 1.46. The van der Waals surface area contributed by atoms with E-state index < -0.39 is 0 Å². The zero-order valence-electron chi connectivity index (χ0n) is 15.9. The molecule has 144 valence electrons. The molecular formula is C19H24N4O4. The van der Waals surface area contributed by atoms with Gasteiger partial charge in [-0.2, -0.15) is 5.10 Å². The van der Waals surface area contributed by atoms with Gasteiger partial charge in [-0.15, -0.1) is 0 Å². The van der Waals surface area contributed by atoms with Crippen molar-refractivity contribution in [1.29, 1.82) is 0 Å². The fourth-order valence-corrected chi connectivity index (χ4v) is 3.22. The van der Waals surface area contributed by atoms with Crippen LogP contribution >= 0.6 is 0 Å². The number of nitrogens with zero attached hydrogens (tertiary/aromatic N) is 4. The maximum absolute atomic E-state index is 12.7. The van der Waals surface area contributed by atoms with E-state index in [9.17, 15) is 14.4 Å². The Morgan fingerprint density at radius 2 is 1.70 bits per heavy atom. The lowest BCUT2D eigenvalue weighted by atomic mass is 10.2. The van der Waals surface area contributed by atoms with Crippen molar-refractivity contribution in [1.82, 2.24) is 19.6 Å². The van der Waals surface area contributed by atoms with Crippen molar-refractivity contribution in [2.24, 2.45) is 0 Å². The topological polar surface area (TPSA) is 88.7 Å². The first kappa shape index (κ1) is 18.9. The van der Waals surface area contributed by atoms with Crippen molar-refractivity contribution in [3.63, 3.8) is 0 Å². The van der Waals surface area contributed by atoms with Crippen molar-refractivity contribution in [2.75, 3.05) is 26.2 Å². The molecule has 2 aromatic heterocycles. The maximum atomic E-state index is 12.7. The lowest BCUT2D eigenvalue weighted by Gasteiger charge is -2.34. The van der Waals surface area contributed by atoms with Crippen molar-refractivity contribution >= 4 is 11.8 Å². The number of rotatable bonds is 4. The number of furan rings is 1. The molecule has 2 aromatic rings. The summed E-state index contributed by atoms with van der Waals surface area (Å²) in [5.74, 6) is 1.02. The Kier molecular flexibility index (Phi) is 5.43. The van der Waals surface area contributed by atoms with E-state index in [2.05, 4.69) is 5.10 Å². The minimum Gasteiger partial charge on any atom is -0.466 e. The van der Waals surface area contributed by atoms with Gasteiger partial charge in [0.2, 0.25) is 0 Å². The van der Waals surface area contributed by atoms with E-state index in [4.69, 9.17) is 4.42 Å². The quantitative estimate of drug-likeness (QED) is 0.811. The third kappa shape index (κ3) is 3.94. The normalized spacial score (nSPS) is 14.5. The Hall–Kier alpha value is -2.90. The molecule has 3 heterocycles. The van der Waals surface area contributed by atoms with Gasteiger partial charge in [0.15, 0.2) is 0 Å². The number of hydrogen-bond acceptors (Lipinski definition) is 5. The maximum Gasteiger partial charge on any atom is 0.274 e. The van der Waals surface area contributed by atoms with Crippen molar-refractivity contribution < 1.29 is 14.0 Å². The monoisotopic (exact) mass is 372 g/mol. The number of amides is 2. The van der Waals surface area contributed by atoms with E-state index in [1.54, 1.807) is 22.8 Å². The van der Waals surface area contributed by atoms with Gasteiger partial charge in [-0.3, -0.25) is 14.4 Å². The molecule has 0 aliphatic carbocycles. The van der Waals surface area contributed by atoms with Crippen molar-refractivity contribution in [3.8, 4) is 0 Å². The first-order valence-corrected chi connectivity index (χ1v) is 9.14. The van der Waals surface area contributed by atoms with Crippen LogP contribution in [0.5, 0.6) is 0 Å². The molecule has 1 aliphatic rings. The summed E-state index contributed by atoms with van der Waals surface area (Å²) in [7, 11) is 0. The smallest absolute Gasteiger partial charge is 0.274 e. The number of carbonyl (C=O) groups is 2. The Balaban J connectivity index is 1.66. The summed E-state index contributed by atoms with van der Waals surface area (Å²) in [5, 5.41) is 4.17. The van der Waals surface area contributed by atoms with E-state index in [1.807, 2.05) is 13.8 Å². The van der Waals surface area contributed by atoms with Gasteiger partial charge in [0.1, 0.15) is 17.2 Å². The molecule has 2 amide bonds. The number of carbonyl (C=O) groups excluding carboxylic acids is 2. The predicted molar refractivity (Wildman–Crippen MR) is 98.8 cm³/mol. The highest BCUT2D eigenvalue weighted by Crippen LogP contribution is 2.17. The summed E-state index contributed by atoms with van der Waals surface area (Å²) < 4.78 is 6.75. The minimum absolute atomic E-state index is 0.0777. The molecule has 0 unspecified atom stereocenters. The van der Waals surface area contributed by atoms with Gasteiger partial charge in [0.25, 0.3) is 17.4 Å². The van der Waals surface area contributed by atoms with Gasteiger partial charge in [-0.1, -0.05) is 6.92 Å². The molecular weight excluding hydrogens is 348 g/mol. The van der Waals surface area contributed by atoms with Gasteiger partial charge >= 0.3 is 0 Å². The largest absolute Gasteiger partial charge is 0.466 e. The van der Waals surface area contributed by atoms with Gasteiger partial charge in [0, 0.05) is 38.8 Å². The van der Waals surface area contributed by atoms with Gasteiger partial charge in [-0.05, 0) is 32.4 Å². The Morgan fingerprint density at radius 1 is 1.07 bits per heavy atom. The highest BCUT2D eigenvalue weighted by molar-refractivity contribution is 5.96. The number of aromatic nitrogens is 2. The first-order chi connectivity index (χ1) is 12.9. The van der Waals surface area contributed by atoms with Crippen LogP contribution in [0.2, 0.25) is 0 Å². The van der Waals surface area contributed by atoms with E-state index in [-0.39, 0.29) is 23.1 Å². The molecule has 27 heavy (non-hydrogen) atoms. The van der Waals surface area contributed by atoms with E-state index in [0.717, 1.165) is 6.42 Å². The third-order valence-corrected chi connectivity index (χ3v) is 4.65. The van der Waals surface area contributed by atoms with Crippen LogP contribution in [0.25, 0.3) is 0 Å². The summed E-state index contributed by atoms with van der Waals surface area (Å²) in [6.45, 7) is 7.76. The number of hydrogen-bond donors (Lipinski definition) is 0. The standard InChI is InChI=1S/C19H24N4O4/c1-4-7-23-17(24)6-5-16(20-23)19(26)22-10-8-21(9-11-22)18(25)15-12-13(2)27-14(15)3/h5-6,12H,4,7-11H2,1-3H3. The lowest BCUT2D eigenvalue weighted by molar-refractivity contribution is 0.0529. The molecule has 1 saturated heterocycles. The second-order valence-electron chi connectivity index (χ2n) is 6.69. The van der Waals surface area contributed by atoms with Gasteiger partial charge in [-0.25, -0.2) is 4.68 Å². The molecule has 0 spiro atoms. The Bertz CT molecular complexity index is 907. The molecule has 0 radical (unpaired) electrons. The minimum atomic E-state index is -0.220. The molecule has 0 bridgehead atoms. The highest BCUT2D eigenvalue weighted by Gasteiger charge is 2.28. The number of aryl methyl sites for hydroxylation is 3. The van der Waals surface area contributed by atoms with Crippen molar-refractivity contribution in [3.05, 3.63) is 51.3 Å². The molecule has 0 saturated carbocycles. The van der Waals surface area contributed by atoms with Crippen LogP contribution in [-0.2, 0) is 6.54 Å². The van der Waals surface area contributed by atoms with E-state index >= 15 is 0 Å². The summed E-state index contributed by atoms with van der Waals surface area (Å²) in [5.41, 5.74) is 0.610. The Morgan fingerprint density at radius 3 is 2.26 bits per heavy atom. The molecule has 0 aromatic carbocycles. The molecule has 8 nitrogen and oxygen atoms in total. The van der Waals surface area contributed by atoms with Crippen LogP contribution < -0.4 is 5.56 Å². The first-order valence-electron chi connectivity index (χ1n) is 9.14. The highest BCUT2D eigenvalue weighted by atomic mass is 16.3. The van der Waals surface area contributed by atoms with Crippen LogP contribution in [0.3, 0.4) is 0 Å². The van der Waals surface area contributed by atoms with Crippen LogP contribution in [0.15, 0.2) is 27.4 Å². The molecule has 3 rings (SSSR count). The summed E-state index contributed by atoms with van der Waals surface area (Å²) in [6, 6.07) is 4.59. The molecule has 8 heteroatoms. The fourth-order valence-electron chi connectivity index (χ4n) is 3.22. The van der Waals surface area contributed by atoms with Crippen LogP contribution in [0.1, 0.15) is 45.7 Å². The molecule has 1 fully saturated rings. The SMILES string of the molecule is CCCn1nc(C(=O)N2CCN(C(=O)c3cc(C)oc3C)CC2)ccc1=O. The van der Waals surface area contributed by atoms with E-state index in [1.165, 1.54) is 16.8 Å². The number of piperazine rings is 1. The Labute approximate surface area is 157 Å². The lowest BCUT2D eigenvalue weighted by Crippen LogP contribution is -2.51. The summed E-state index contributed by atoms with van der Waals surface area (Å²) in [4.78, 5) is 40.5.